The van der Waals surface area contributed by atoms with Crippen LogP contribution in [0.3, 0.4) is 0 Å². The normalized spacial score (nSPS) is 37.5. The summed E-state index contributed by atoms with van der Waals surface area (Å²) in [5.74, 6) is 0.345. The molecule has 2 aliphatic rings. The second-order valence-corrected chi connectivity index (χ2v) is 9.70. The lowest BCUT2D eigenvalue weighted by Gasteiger charge is -2.70. The number of carbonyl (C=O) groups is 1. The van der Waals surface area contributed by atoms with E-state index in [1.807, 2.05) is 0 Å². The Morgan fingerprint density at radius 1 is 0.800 bits per heavy atom. The van der Waals surface area contributed by atoms with Crippen molar-refractivity contribution in [1.29, 1.82) is 0 Å². The van der Waals surface area contributed by atoms with Crippen LogP contribution in [0.15, 0.2) is 0 Å². The third-order valence-electron chi connectivity index (χ3n) is 7.72. The molecule has 1 amide bonds. The molecular weight excluding hydrogens is 246 g/mol. The van der Waals surface area contributed by atoms with Crippen molar-refractivity contribution in [2.24, 2.45) is 21.7 Å². The van der Waals surface area contributed by atoms with Gasteiger partial charge in [-0.25, -0.2) is 0 Å². The molecule has 2 fully saturated rings. The fourth-order valence-electron chi connectivity index (χ4n) is 4.40. The molecular formula is C18H33NO. The lowest BCUT2D eigenvalue weighted by Crippen LogP contribution is -2.75. The Labute approximate surface area is 125 Å². The predicted octanol–water partition coefficient (Wildman–Crippen LogP) is 4.49. The number of amides is 1. The van der Waals surface area contributed by atoms with Gasteiger partial charge in [0, 0.05) is 17.5 Å². The zero-order valence-corrected chi connectivity index (χ0v) is 15.0. The summed E-state index contributed by atoms with van der Waals surface area (Å²) < 4.78 is 0. The van der Waals surface area contributed by atoms with Crippen LogP contribution >= 0.6 is 0 Å². The van der Waals surface area contributed by atoms with E-state index < -0.39 is 0 Å². The molecule has 2 saturated heterocycles. The number of rotatable bonds is 0. The summed E-state index contributed by atoms with van der Waals surface area (Å²) in [6.45, 7) is 21.4. The van der Waals surface area contributed by atoms with Crippen LogP contribution in [0.2, 0.25) is 0 Å². The van der Waals surface area contributed by atoms with E-state index in [-0.39, 0.29) is 27.2 Å². The minimum Gasteiger partial charge on any atom is -0.336 e. The molecule has 2 rings (SSSR count). The highest BCUT2D eigenvalue weighted by Gasteiger charge is 2.67. The van der Waals surface area contributed by atoms with Crippen molar-refractivity contribution >= 4 is 5.91 Å². The Morgan fingerprint density at radius 3 is 1.80 bits per heavy atom. The zero-order valence-electron chi connectivity index (χ0n) is 15.0. The van der Waals surface area contributed by atoms with Gasteiger partial charge in [0.2, 0.25) is 5.91 Å². The third kappa shape index (κ3) is 1.60. The number of hydrogen-bond donors (Lipinski definition) is 0. The monoisotopic (exact) mass is 279 g/mol. The molecule has 0 aliphatic carbocycles. The van der Waals surface area contributed by atoms with E-state index in [0.717, 1.165) is 13.0 Å². The molecule has 2 aliphatic heterocycles. The second-order valence-electron chi connectivity index (χ2n) is 9.70. The summed E-state index contributed by atoms with van der Waals surface area (Å²) in [5.41, 5.74) is -0.0391. The Bertz CT molecular complexity index is 444. The lowest BCUT2D eigenvalue weighted by molar-refractivity contribution is -0.216. The average molecular weight is 279 g/mol. The topological polar surface area (TPSA) is 20.3 Å². The number of piperidine rings is 2. The molecule has 2 heterocycles. The molecule has 0 saturated carbocycles. The van der Waals surface area contributed by atoms with E-state index in [1.165, 1.54) is 6.42 Å². The molecule has 0 aromatic rings. The summed E-state index contributed by atoms with van der Waals surface area (Å²) in [6.07, 6.45) is 2.31. The number of nitrogens with zero attached hydrogens (tertiary/aromatic N) is 1. The Kier molecular flexibility index (Phi) is 3.02. The highest BCUT2D eigenvalue weighted by atomic mass is 16.2. The van der Waals surface area contributed by atoms with Gasteiger partial charge in [-0.1, -0.05) is 55.4 Å². The van der Waals surface area contributed by atoms with E-state index in [1.54, 1.807) is 0 Å². The van der Waals surface area contributed by atoms with Crippen LogP contribution in [0.25, 0.3) is 0 Å². The quantitative estimate of drug-likeness (QED) is 0.640. The van der Waals surface area contributed by atoms with E-state index in [9.17, 15) is 4.79 Å². The van der Waals surface area contributed by atoms with E-state index >= 15 is 0 Å². The van der Waals surface area contributed by atoms with Crippen molar-refractivity contribution < 1.29 is 4.79 Å². The first-order valence-corrected chi connectivity index (χ1v) is 8.03. The molecule has 0 aromatic carbocycles. The summed E-state index contributed by atoms with van der Waals surface area (Å²) in [5, 5.41) is 0. The Hall–Kier alpha value is -0.530. The van der Waals surface area contributed by atoms with Gasteiger partial charge in [0.25, 0.3) is 0 Å². The predicted molar refractivity (Wildman–Crippen MR) is 84.5 cm³/mol. The molecule has 0 bridgehead atoms. The van der Waals surface area contributed by atoms with Gasteiger partial charge in [-0.15, -0.1) is 0 Å². The largest absolute Gasteiger partial charge is 0.336 e. The van der Waals surface area contributed by atoms with Crippen LogP contribution in [0, 0.1) is 21.7 Å². The maximum Gasteiger partial charge on any atom is 0.229 e. The van der Waals surface area contributed by atoms with Crippen LogP contribution in [0.4, 0.5) is 0 Å². The maximum atomic E-state index is 13.2. The molecule has 0 radical (unpaired) electrons. The Balaban J connectivity index is 2.61. The molecule has 2 heteroatoms. The van der Waals surface area contributed by atoms with E-state index in [4.69, 9.17) is 0 Å². The smallest absolute Gasteiger partial charge is 0.229 e. The summed E-state index contributed by atoms with van der Waals surface area (Å²) in [6, 6.07) is 0. The first-order chi connectivity index (χ1) is 8.71. The van der Waals surface area contributed by atoms with Crippen molar-refractivity contribution in [3.05, 3.63) is 0 Å². The first kappa shape index (κ1) is 15.9. The first-order valence-electron chi connectivity index (χ1n) is 8.03. The van der Waals surface area contributed by atoms with Gasteiger partial charge in [-0.05, 0) is 36.0 Å². The van der Waals surface area contributed by atoms with Crippen molar-refractivity contribution in [3.63, 3.8) is 0 Å². The van der Waals surface area contributed by atoms with Crippen molar-refractivity contribution in [2.75, 3.05) is 6.54 Å². The minimum atomic E-state index is -0.316. The number of hydrogen-bond acceptors (Lipinski definition) is 1. The summed E-state index contributed by atoms with van der Waals surface area (Å²) in [4.78, 5) is 15.4. The van der Waals surface area contributed by atoms with Gasteiger partial charge < -0.3 is 4.90 Å². The molecule has 0 spiro atoms. The number of carbonyl (C=O) groups excluding carboxylic acids is 1. The number of fused-ring (bicyclic) bond motifs is 1. The molecule has 1 atom stereocenters. The van der Waals surface area contributed by atoms with Gasteiger partial charge in [-0.3, -0.25) is 4.79 Å². The fourth-order valence-corrected chi connectivity index (χ4v) is 4.40. The standard InChI is InChI=1S/C18H33NO/c1-14(2)10-11-18(9)17(7,8)16(5,6)15(3,4)13(20)19(18)12-14/h10-12H2,1-9H3. The van der Waals surface area contributed by atoms with Gasteiger partial charge >= 0.3 is 0 Å². The Morgan fingerprint density at radius 2 is 1.30 bits per heavy atom. The van der Waals surface area contributed by atoms with Crippen LogP contribution in [-0.2, 0) is 4.79 Å². The third-order valence-corrected chi connectivity index (χ3v) is 7.72. The van der Waals surface area contributed by atoms with Crippen LogP contribution in [0.1, 0.15) is 75.2 Å². The van der Waals surface area contributed by atoms with Gasteiger partial charge in [0.1, 0.15) is 0 Å². The molecule has 116 valence electrons. The van der Waals surface area contributed by atoms with Crippen molar-refractivity contribution in [1.82, 2.24) is 4.90 Å². The minimum absolute atomic E-state index is 0.0240. The van der Waals surface area contributed by atoms with Crippen molar-refractivity contribution in [2.45, 2.75) is 80.7 Å². The van der Waals surface area contributed by atoms with Crippen LogP contribution in [0.5, 0.6) is 0 Å². The molecule has 2 nitrogen and oxygen atoms in total. The molecule has 1 unspecified atom stereocenters. The SMILES string of the molecule is CC1(C)CCC2(C)N(C1)C(=O)C(C)(C)C(C)(C)C2(C)C. The summed E-state index contributed by atoms with van der Waals surface area (Å²) in [7, 11) is 0. The highest BCUT2D eigenvalue weighted by Crippen LogP contribution is 2.65. The molecule has 0 aromatic heterocycles. The van der Waals surface area contributed by atoms with Gasteiger partial charge in [-0.2, -0.15) is 0 Å². The van der Waals surface area contributed by atoms with Crippen LogP contribution < -0.4 is 0 Å². The fraction of sp³-hybridized carbons (Fsp3) is 0.944. The van der Waals surface area contributed by atoms with E-state index in [0.29, 0.717) is 5.91 Å². The van der Waals surface area contributed by atoms with Gasteiger partial charge in [0.15, 0.2) is 0 Å². The highest BCUT2D eigenvalue weighted by molar-refractivity contribution is 5.85. The maximum absolute atomic E-state index is 13.2. The average Bonchev–Trinajstić information content (AvgIpc) is 2.29. The molecule has 20 heavy (non-hydrogen) atoms. The van der Waals surface area contributed by atoms with Gasteiger partial charge in [0.05, 0.1) is 0 Å². The molecule has 0 N–H and O–H groups in total. The lowest BCUT2D eigenvalue weighted by atomic mass is 9.44. The van der Waals surface area contributed by atoms with Crippen molar-refractivity contribution in [3.8, 4) is 0 Å². The second kappa shape index (κ2) is 3.81. The summed E-state index contributed by atoms with van der Waals surface area (Å²) >= 11 is 0. The van der Waals surface area contributed by atoms with E-state index in [2.05, 4.69) is 67.2 Å². The zero-order chi connectivity index (χ0) is 15.8. The van der Waals surface area contributed by atoms with Crippen LogP contribution in [-0.4, -0.2) is 22.9 Å².